The topological polar surface area (TPSA) is 48.9 Å². The van der Waals surface area contributed by atoms with Gasteiger partial charge in [0.1, 0.15) is 0 Å². The second-order valence-corrected chi connectivity index (χ2v) is 8.39. The molecule has 1 aromatic rings. The van der Waals surface area contributed by atoms with E-state index in [2.05, 4.69) is 79.4 Å². The summed E-state index contributed by atoms with van der Waals surface area (Å²) in [5.74, 6) is 0.855. The maximum Gasteiger partial charge on any atom is 0.191 e. The molecule has 27 heavy (non-hydrogen) atoms. The summed E-state index contributed by atoms with van der Waals surface area (Å²) < 4.78 is 5.47. The van der Waals surface area contributed by atoms with E-state index in [-0.39, 0.29) is 34.9 Å². The lowest BCUT2D eigenvalue weighted by atomic mass is 9.82. The van der Waals surface area contributed by atoms with Gasteiger partial charge in [-0.05, 0) is 31.9 Å². The largest absolute Gasteiger partial charge is 0.379 e. The summed E-state index contributed by atoms with van der Waals surface area (Å²) in [4.78, 5) is 6.89. The number of hydrogen-bond donors (Lipinski definition) is 2. The zero-order valence-electron chi connectivity index (χ0n) is 17.8. The first-order valence-electron chi connectivity index (χ1n) is 9.60. The van der Waals surface area contributed by atoms with Crippen molar-refractivity contribution >= 4 is 29.9 Å². The molecule has 1 saturated heterocycles. The highest BCUT2D eigenvalue weighted by Crippen LogP contribution is 2.25. The van der Waals surface area contributed by atoms with Gasteiger partial charge in [-0.3, -0.25) is 9.89 Å². The molecule has 1 fully saturated rings. The molecule has 5 nitrogen and oxygen atoms in total. The minimum Gasteiger partial charge on any atom is -0.379 e. The summed E-state index contributed by atoms with van der Waals surface area (Å²) in [6.07, 6.45) is 0. The second-order valence-electron chi connectivity index (χ2n) is 8.39. The number of hydrogen-bond acceptors (Lipinski definition) is 3. The van der Waals surface area contributed by atoms with Gasteiger partial charge in [-0.25, -0.2) is 0 Å². The molecule has 0 radical (unpaired) electrons. The van der Waals surface area contributed by atoms with Gasteiger partial charge in [-0.15, -0.1) is 24.0 Å². The molecular formula is C21H37IN4O. The summed E-state index contributed by atoms with van der Waals surface area (Å²) in [7, 11) is 1.83. The number of aryl methyl sites for hydroxylation is 1. The van der Waals surface area contributed by atoms with Crippen molar-refractivity contribution in [1.82, 2.24) is 15.5 Å². The fourth-order valence-corrected chi connectivity index (χ4v) is 3.53. The zero-order chi connectivity index (χ0) is 19.2. The van der Waals surface area contributed by atoms with Gasteiger partial charge in [0.2, 0.25) is 0 Å². The van der Waals surface area contributed by atoms with Crippen LogP contribution in [0.25, 0.3) is 0 Å². The van der Waals surface area contributed by atoms with Gasteiger partial charge in [-0.1, -0.05) is 38.1 Å². The number of halogens is 1. The predicted octanol–water partition coefficient (Wildman–Crippen LogP) is 3.17. The number of nitrogens with one attached hydrogen (secondary N) is 2. The Bertz CT molecular complexity index is 610. The molecule has 2 N–H and O–H groups in total. The van der Waals surface area contributed by atoms with Crippen molar-refractivity contribution < 1.29 is 4.74 Å². The van der Waals surface area contributed by atoms with E-state index >= 15 is 0 Å². The van der Waals surface area contributed by atoms with Gasteiger partial charge in [0, 0.05) is 44.2 Å². The fourth-order valence-electron chi connectivity index (χ4n) is 3.53. The second kappa shape index (κ2) is 10.6. The third-order valence-corrected chi connectivity index (χ3v) is 5.35. The highest BCUT2D eigenvalue weighted by molar-refractivity contribution is 14.0. The van der Waals surface area contributed by atoms with Gasteiger partial charge in [0.05, 0.1) is 13.2 Å². The average molecular weight is 488 g/mol. The van der Waals surface area contributed by atoms with Crippen LogP contribution in [0.2, 0.25) is 0 Å². The fraction of sp³-hybridized carbons (Fsp3) is 0.667. The van der Waals surface area contributed by atoms with Crippen LogP contribution >= 0.6 is 24.0 Å². The third kappa shape index (κ3) is 6.91. The quantitative estimate of drug-likeness (QED) is 0.367. The van der Waals surface area contributed by atoms with Crippen molar-refractivity contribution in [1.29, 1.82) is 0 Å². The molecule has 0 atom stereocenters. The van der Waals surface area contributed by atoms with Crippen LogP contribution in [0, 0.1) is 6.92 Å². The Morgan fingerprint density at radius 3 is 2.26 bits per heavy atom. The van der Waals surface area contributed by atoms with Crippen LogP contribution in [0.4, 0.5) is 0 Å². The predicted molar refractivity (Wildman–Crippen MR) is 125 cm³/mol. The molecule has 0 saturated carbocycles. The van der Waals surface area contributed by atoms with Crippen LogP contribution in [0.5, 0.6) is 0 Å². The maximum absolute atomic E-state index is 5.47. The number of ether oxygens (including phenoxy) is 1. The molecule has 0 spiro atoms. The molecule has 154 valence electrons. The number of morpholine rings is 1. The van der Waals surface area contributed by atoms with Crippen LogP contribution in [0.1, 0.15) is 38.8 Å². The minimum absolute atomic E-state index is 0. The number of benzene rings is 1. The monoisotopic (exact) mass is 488 g/mol. The molecule has 0 bridgehead atoms. The Hall–Kier alpha value is -0.860. The molecule has 6 heteroatoms. The summed E-state index contributed by atoms with van der Waals surface area (Å²) in [6, 6.07) is 8.60. The van der Waals surface area contributed by atoms with Crippen LogP contribution in [0.3, 0.4) is 0 Å². The number of aliphatic imine (C=N–C) groups is 1. The van der Waals surface area contributed by atoms with Crippen molar-refractivity contribution in [3.05, 3.63) is 35.4 Å². The lowest BCUT2D eigenvalue weighted by molar-refractivity contribution is -0.00834. The summed E-state index contributed by atoms with van der Waals surface area (Å²) in [6.45, 7) is 16.6. The van der Waals surface area contributed by atoms with Gasteiger partial charge in [0.25, 0.3) is 0 Å². The summed E-state index contributed by atoms with van der Waals surface area (Å²) in [5.41, 5.74) is 2.79. The average Bonchev–Trinajstić information content (AvgIpc) is 2.63. The van der Waals surface area contributed by atoms with Crippen LogP contribution in [-0.4, -0.2) is 62.8 Å². The molecule has 1 aromatic carbocycles. The summed E-state index contributed by atoms with van der Waals surface area (Å²) in [5, 5.41) is 7.01. The molecule has 1 aliphatic heterocycles. The standard InChI is InChI=1S/C21H36N4O.HI/c1-17-9-7-8-10-18(17)20(2,3)15-23-19(22-6)24-16-21(4,5)25-11-13-26-14-12-25;/h7-10H,11-16H2,1-6H3,(H2,22,23,24);1H. The lowest BCUT2D eigenvalue weighted by Gasteiger charge is -2.41. The van der Waals surface area contributed by atoms with Crippen molar-refractivity contribution in [2.75, 3.05) is 46.4 Å². The minimum atomic E-state index is 0. The van der Waals surface area contributed by atoms with E-state index in [9.17, 15) is 0 Å². The Labute approximate surface area is 182 Å². The molecule has 1 heterocycles. The Morgan fingerprint density at radius 1 is 1.07 bits per heavy atom. The molecule has 1 aliphatic rings. The van der Waals surface area contributed by atoms with E-state index < -0.39 is 0 Å². The van der Waals surface area contributed by atoms with Crippen molar-refractivity contribution in [2.24, 2.45) is 4.99 Å². The highest BCUT2D eigenvalue weighted by Gasteiger charge is 2.28. The normalized spacial score (nSPS) is 16.6. The number of nitrogens with zero attached hydrogens (tertiary/aromatic N) is 2. The molecule has 0 amide bonds. The van der Waals surface area contributed by atoms with E-state index in [4.69, 9.17) is 4.74 Å². The zero-order valence-corrected chi connectivity index (χ0v) is 20.1. The van der Waals surface area contributed by atoms with Gasteiger partial charge < -0.3 is 15.4 Å². The number of rotatable bonds is 6. The molecule has 0 aromatic heterocycles. The first-order valence-corrected chi connectivity index (χ1v) is 9.60. The van der Waals surface area contributed by atoms with Crippen molar-refractivity contribution in [2.45, 2.75) is 45.6 Å². The summed E-state index contributed by atoms with van der Waals surface area (Å²) >= 11 is 0. The van der Waals surface area contributed by atoms with Gasteiger partial charge in [0.15, 0.2) is 5.96 Å². The Kier molecular flexibility index (Phi) is 9.51. The SMILES string of the molecule is CN=C(NCC(C)(C)c1ccccc1C)NCC(C)(C)N1CCOCC1.I. The Balaban J connectivity index is 0.00000364. The van der Waals surface area contributed by atoms with Crippen LogP contribution in [-0.2, 0) is 10.2 Å². The first-order chi connectivity index (χ1) is 12.3. The van der Waals surface area contributed by atoms with E-state index in [1.165, 1.54) is 11.1 Å². The van der Waals surface area contributed by atoms with Gasteiger partial charge >= 0.3 is 0 Å². The van der Waals surface area contributed by atoms with Crippen LogP contribution < -0.4 is 10.6 Å². The van der Waals surface area contributed by atoms with Crippen molar-refractivity contribution in [3.8, 4) is 0 Å². The molecule has 2 rings (SSSR count). The van der Waals surface area contributed by atoms with E-state index in [0.29, 0.717) is 0 Å². The van der Waals surface area contributed by atoms with E-state index in [1.54, 1.807) is 0 Å². The molecule has 0 aliphatic carbocycles. The lowest BCUT2D eigenvalue weighted by Crippen LogP contribution is -2.57. The maximum atomic E-state index is 5.47. The Morgan fingerprint density at radius 2 is 1.67 bits per heavy atom. The first kappa shape index (κ1) is 24.2. The third-order valence-electron chi connectivity index (χ3n) is 5.35. The molecular weight excluding hydrogens is 451 g/mol. The smallest absolute Gasteiger partial charge is 0.191 e. The molecule has 0 unspecified atom stereocenters. The van der Waals surface area contributed by atoms with Gasteiger partial charge in [-0.2, -0.15) is 0 Å². The van der Waals surface area contributed by atoms with Crippen molar-refractivity contribution in [3.63, 3.8) is 0 Å². The highest BCUT2D eigenvalue weighted by atomic mass is 127. The van der Waals surface area contributed by atoms with E-state index in [0.717, 1.165) is 45.4 Å². The number of guanidine groups is 1. The van der Waals surface area contributed by atoms with E-state index in [1.807, 2.05) is 7.05 Å². The van der Waals surface area contributed by atoms with Crippen LogP contribution in [0.15, 0.2) is 29.3 Å².